The van der Waals surface area contributed by atoms with Crippen LogP contribution >= 0.6 is 0 Å². The molecule has 0 aliphatic rings. The minimum absolute atomic E-state index is 0.153. The van der Waals surface area contributed by atoms with Crippen LogP contribution in [0.2, 0.25) is 0 Å². The fourth-order valence-electron chi connectivity index (χ4n) is 1.93. The maximum Gasteiger partial charge on any atom is 0.219 e. The van der Waals surface area contributed by atoms with Gasteiger partial charge in [0.25, 0.3) is 0 Å². The average Bonchev–Trinajstić information content (AvgIpc) is 2.41. The highest BCUT2D eigenvalue weighted by Crippen LogP contribution is 2.26. The summed E-state index contributed by atoms with van der Waals surface area (Å²) >= 11 is 0. The molecule has 1 aromatic carbocycles. The maximum absolute atomic E-state index is 5.74. The van der Waals surface area contributed by atoms with Gasteiger partial charge in [-0.25, -0.2) is 4.98 Å². The minimum atomic E-state index is 0.153. The van der Waals surface area contributed by atoms with Crippen LogP contribution < -0.4 is 10.5 Å². The Morgan fingerprint density at radius 1 is 1.05 bits per heavy atom. The van der Waals surface area contributed by atoms with Gasteiger partial charge in [-0.1, -0.05) is 39.0 Å². The van der Waals surface area contributed by atoms with Gasteiger partial charge in [-0.2, -0.15) is 0 Å². The Kier molecular flexibility index (Phi) is 4.40. The molecule has 0 atom stereocenters. The summed E-state index contributed by atoms with van der Waals surface area (Å²) in [4.78, 5) is 4.29. The van der Waals surface area contributed by atoms with Crippen LogP contribution in [0.5, 0.6) is 11.6 Å². The molecule has 0 unspecified atom stereocenters. The van der Waals surface area contributed by atoms with E-state index in [1.165, 1.54) is 5.56 Å². The summed E-state index contributed by atoms with van der Waals surface area (Å²) in [5.41, 5.74) is 8.08. The van der Waals surface area contributed by atoms with E-state index < -0.39 is 0 Å². The van der Waals surface area contributed by atoms with Crippen LogP contribution in [0.15, 0.2) is 42.6 Å². The Labute approximate surface area is 120 Å². The quantitative estimate of drug-likeness (QED) is 0.922. The van der Waals surface area contributed by atoms with E-state index in [-0.39, 0.29) is 5.41 Å². The number of ether oxygens (including phenoxy) is 1. The summed E-state index contributed by atoms with van der Waals surface area (Å²) in [6.45, 7) is 7.22. The highest BCUT2D eigenvalue weighted by Gasteiger charge is 2.13. The molecule has 2 N–H and O–H groups in total. The van der Waals surface area contributed by atoms with Crippen molar-refractivity contribution in [3.63, 3.8) is 0 Å². The van der Waals surface area contributed by atoms with Gasteiger partial charge in [-0.05, 0) is 41.6 Å². The predicted molar refractivity (Wildman–Crippen MR) is 82.2 cm³/mol. The van der Waals surface area contributed by atoms with Crippen LogP contribution in [0, 0.1) is 0 Å². The fraction of sp³-hybridized carbons (Fsp3) is 0.353. The topological polar surface area (TPSA) is 48.1 Å². The van der Waals surface area contributed by atoms with E-state index in [1.54, 1.807) is 0 Å². The minimum Gasteiger partial charge on any atom is -0.439 e. The monoisotopic (exact) mass is 270 g/mol. The van der Waals surface area contributed by atoms with Crippen LogP contribution in [0.1, 0.15) is 31.9 Å². The van der Waals surface area contributed by atoms with Crippen LogP contribution in [-0.4, -0.2) is 11.5 Å². The van der Waals surface area contributed by atoms with E-state index in [0.29, 0.717) is 12.4 Å². The SMILES string of the molecule is CC(C)(C)c1ccc(Oc2ccc(CCN)cn2)cc1. The number of nitrogens with two attached hydrogens (primary N) is 1. The first-order valence-electron chi connectivity index (χ1n) is 6.92. The summed E-state index contributed by atoms with van der Waals surface area (Å²) < 4.78 is 5.74. The van der Waals surface area contributed by atoms with Gasteiger partial charge in [0, 0.05) is 12.3 Å². The zero-order chi connectivity index (χ0) is 14.6. The highest BCUT2D eigenvalue weighted by molar-refractivity contribution is 5.33. The van der Waals surface area contributed by atoms with Crippen molar-refractivity contribution >= 4 is 0 Å². The normalized spacial score (nSPS) is 11.4. The van der Waals surface area contributed by atoms with Crippen LogP contribution in [-0.2, 0) is 11.8 Å². The molecule has 0 amide bonds. The molecule has 2 rings (SSSR count). The van der Waals surface area contributed by atoms with Gasteiger partial charge in [-0.3, -0.25) is 0 Å². The first-order valence-corrected chi connectivity index (χ1v) is 6.92. The molecule has 0 radical (unpaired) electrons. The van der Waals surface area contributed by atoms with Crippen molar-refractivity contribution in [1.29, 1.82) is 0 Å². The molecule has 0 aliphatic heterocycles. The molecule has 1 aromatic heterocycles. The van der Waals surface area contributed by atoms with Gasteiger partial charge in [0.1, 0.15) is 5.75 Å². The molecular weight excluding hydrogens is 248 g/mol. The van der Waals surface area contributed by atoms with Crippen LogP contribution in [0.25, 0.3) is 0 Å². The lowest BCUT2D eigenvalue weighted by Crippen LogP contribution is -2.10. The smallest absolute Gasteiger partial charge is 0.219 e. The Hall–Kier alpha value is -1.87. The Morgan fingerprint density at radius 2 is 1.75 bits per heavy atom. The van der Waals surface area contributed by atoms with Gasteiger partial charge >= 0.3 is 0 Å². The number of nitrogens with zero attached hydrogens (tertiary/aromatic N) is 1. The second-order valence-electron chi connectivity index (χ2n) is 5.92. The number of aromatic nitrogens is 1. The predicted octanol–water partition coefficient (Wildman–Crippen LogP) is 3.67. The molecule has 0 aliphatic carbocycles. The van der Waals surface area contributed by atoms with Gasteiger partial charge < -0.3 is 10.5 Å². The summed E-state index contributed by atoms with van der Waals surface area (Å²) in [7, 11) is 0. The number of benzene rings is 1. The largest absolute Gasteiger partial charge is 0.439 e. The molecule has 2 aromatic rings. The van der Waals surface area contributed by atoms with Crippen molar-refractivity contribution in [3.05, 3.63) is 53.7 Å². The van der Waals surface area contributed by atoms with Gasteiger partial charge in [0.05, 0.1) is 0 Å². The van der Waals surface area contributed by atoms with Gasteiger partial charge in [-0.15, -0.1) is 0 Å². The lowest BCUT2D eigenvalue weighted by Gasteiger charge is -2.19. The van der Waals surface area contributed by atoms with E-state index in [4.69, 9.17) is 10.5 Å². The zero-order valence-corrected chi connectivity index (χ0v) is 12.4. The second-order valence-corrected chi connectivity index (χ2v) is 5.92. The summed E-state index contributed by atoms with van der Waals surface area (Å²) in [6.07, 6.45) is 2.65. The number of pyridine rings is 1. The van der Waals surface area contributed by atoms with Crippen molar-refractivity contribution < 1.29 is 4.74 Å². The number of hydrogen-bond acceptors (Lipinski definition) is 3. The Morgan fingerprint density at radius 3 is 2.25 bits per heavy atom. The molecule has 0 fully saturated rings. The molecule has 20 heavy (non-hydrogen) atoms. The summed E-state index contributed by atoms with van der Waals surface area (Å²) in [6, 6.07) is 12.0. The van der Waals surface area contributed by atoms with Crippen LogP contribution in [0.4, 0.5) is 0 Å². The lowest BCUT2D eigenvalue weighted by atomic mass is 9.87. The molecule has 3 heteroatoms. The van der Waals surface area contributed by atoms with Crippen molar-refractivity contribution in [2.45, 2.75) is 32.6 Å². The molecule has 1 heterocycles. The van der Waals surface area contributed by atoms with E-state index >= 15 is 0 Å². The maximum atomic E-state index is 5.74. The number of hydrogen-bond donors (Lipinski definition) is 1. The molecule has 0 spiro atoms. The average molecular weight is 270 g/mol. The summed E-state index contributed by atoms with van der Waals surface area (Å²) in [5.74, 6) is 1.41. The summed E-state index contributed by atoms with van der Waals surface area (Å²) in [5, 5.41) is 0. The Balaban J connectivity index is 2.06. The molecule has 0 bridgehead atoms. The van der Waals surface area contributed by atoms with E-state index in [2.05, 4.69) is 37.9 Å². The molecular formula is C17H22N2O. The Bertz CT molecular complexity index is 539. The lowest BCUT2D eigenvalue weighted by molar-refractivity contribution is 0.461. The van der Waals surface area contributed by atoms with Gasteiger partial charge in [0.2, 0.25) is 5.88 Å². The molecule has 0 saturated carbocycles. The van der Waals surface area contributed by atoms with Crippen molar-refractivity contribution in [1.82, 2.24) is 4.98 Å². The fourth-order valence-corrected chi connectivity index (χ4v) is 1.93. The standard InChI is InChI=1S/C17H22N2O/c1-17(2,3)14-5-7-15(8-6-14)20-16-9-4-13(10-11-18)12-19-16/h4-9,12H,10-11,18H2,1-3H3. The van der Waals surface area contributed by atoms with Crippen LogP contribution in [0.3, 0.4) is 0 Å². The molecule has 0 saturated heterocycles. The third-order valence-electron chi connectivity index (χ3n) is 3.17. The van der Waals surface area contributed by atoms with Crippen molar-refractivity contribution in [2.75, 3.05) is 6.54 Å². The molecule has 106 valence electrons. The first kappa shape index (κ1) is 14.5. The van der Waals surface area contributed by atoms with E-state index in [1.807, 2.05) is 30.5 Å². The van der Waals surface area contributed by atoms with E-state index in [9.17, 15) is 0 Å². The number of rotatable bonds is 4. The zero-order valence-electron chi connectivity index (χ0n) is 12.4. The third-order valence-corrected chi connectivity index (χ3v) is 3.17. The third kappa shape index (κ3) is 3.81. The highest BCUT2D eigenvalue weighted by atomic mass is 16.5. The van der Waals surface area contributed by atoms with Crippen molar-refractivity contribution in [2.24, 2.45) is 5.73 Å². The first-order chi connectivity index (χ1) is 9.49. The second kappa shape index (κ2) is 6.06. The van der Waals surface area contributed by atoms with Gasteiger partial charge in [0.15, 0.2) is 0 Å². The van der Waals surface area contributed by atoms with E-state index in [0.717, 1.165) is 17.7 Å². The molecule has 3 nitrogen and oxygen atoms in total. The van der Waals surface area contributed by atoms with Crippen molar-refractivity contribution in [3.8, 4) is 11.6 Å².